The molecule has 3 rings (SSSR count). The number of carbonyl (C=O) groups excluding carboxylic acids is 1. The molecule has 2 fully saturated rings. The standard InChI is InChI=1S/C16H22N2O3/c1-10-14-8-17-7-11(14)9-18(10)16(19)13-6-12(20-2)4-5-15(13)21-3/h4-6,10-11,14,17H,7-9H2,1-3H3. The lowest BCUT2D eigenvalue weighted by Gasteiger charge is -2.25. The van der Waals surface area contributed by atoms with Crippen LogP contribution in [0.1, 0.15) is 17.3 Å². The molecule has 5 nitrogen and oxygen atoms in total. The lowest BCUT2D eigenvalue weighted by molar-refractivity contribution is 0.0724. The Labute approximate surface area is 125 Å². The van der Waals surface area contributed by atoms with E-state index in [0.29, 0.717) is 28.9 Å². The summed E-state index contributed by atoms with van der Waals surface area (Å²) in [7, 11) is 3.19. The second kappa shape index (κ2) is 5.56. The number of amides is 1. The normalized spacial score (nSPS) is 27.6. The molecule has 0 spiro atoms. The zero-order valence-corrected chi connectivity index (χ0v) is 12.8. The molecule has 3 atom stereocenters. The van der Waals surface area contributed by atoms with Gasteiger partial charge in [0.25, 0.3) is 5.91 Å². The number of hydrogen-bond donors (Lipinski definition) is 1. The SMILES string of the molecule is COc1ccc(OC)c(C(=O)N2CC3CNCC3C2C)c1. The van der Waals surface area contributed by atoms with Gasteiger partial charge in [-0.1, -0.05) is 0 Å². The molecule has 1 amide bonds. The van der Waals surface area contributed by atoms with Gasteiger partial charge in [0, 0.05) is 25.7 Å². The zero-order valence-electron chi connectivity index (χ0n) is 12.8. The number of hydrogen-bond acceptors (Lipinski definition) is 4. The molecule has 2 aliphatic heterocycles. The van der Waals surface area contributed by atoms with Crippen LogP contribution in [0.2, 0.25) is 0 Å². The fraction of sp³-hybridized carbons (Fsp3) is 0.562. The highest BCUT2D eigenvalue weighted by atomic mass is 16.5. The second-order valence-corrected chi connectivity index (χ2v) is 5.85. The van der Waals surface area contributed by atoms with Crippen LogP contribution in [-0.2, 0) is 0 Å². The summed E-state index contributed by atoms with van der Waals surface area (Å²) in [6, 6.07) is 5.62. The molecule has 1 aromatic rings. The van der Waals surface area contributed by atoms with Gasteiger partial charge in [0.05, 0.1) is 19.8 Å². The highest BCUT2D eigenvalue weighted by Crippen LogP contribution is 2.35. The Morgan fingerprint density at radius 3 is 2.76 bits per heavy atom. The van der Waals surface area contributed by atoms with Crippen molar-refractivity contribution >= 4 is 5.91 Å². The Bertz CT molecular complexity index is 546. The fourth-order valence-electron chi connectivity index (χ4n) is 3.57. The van der Waals surface area contributed by atoms with Crippen molar-refractivity contribution in [3.63, 3.8) is 0 Å². The van der Waals surface area contributed by atoms with Crippen molar-refractivity contribution in [1.82, 2.24) is 10.2 Å². The summed E-state index contributed by atoms with van der Waals surface area (Å²) in [5.41, 5.74) is 0.580. The van der Waals surface area contributed by atoms with Gasteiger partial charge in [-0.25, -0.2) is 0 Å². The summed E-state index contributed by atoms with van der Waals surface area (Å²) in [4.78, 5) is 14.9. The molecule has 0 bridgehead atoms. The number of likely N-dealkylation sites (tertiary alicyclic amines) is 1. The maximum absolute atomic E-state index is 12.9. The van der Waals surface area contributed by atoms with Gasteiger partial charge in [-0.15, -0.1) is 0 Å². The highest BCUT2D eigenvalue weighted by Gasteiger charge is 2.44. The highest BCUT2D eigenvalue weighted by molar-refractivity contribution is 5.97. The van der Waals surface area contributed by atoms with Gasteiger partial charge < -0.3 is 19.7 Å². The molecule has 21 heavy (non-hydrogen) atoms. The summed E-state index contributed by atoms with van der Waals surface area (Å²) in [6.07, 6.45) is 0. The third-order valence-corrected chi connectivity index (χ3v) is 4.83. The fourth-order valence-corrected chi connectivity index (χ4v) is 3.57. The molecule has 1 N–H and O–H groups in total. The average Bonchev–Trinajstić information content (AvgIpc) is 3.09. The van der Waals surface area contributed by atoms with Crippen molar-refractivity contribution in [2.45, 2.75) is 13.0 Å². The van der Waals surface area contributed by atoms with Crippen LogP contribution in [0.25, 0.3) is 0 Å². The van der Waals surface area contributed by atoms with Gasteiger partial charge in [-0.3, -0.25) is 4.79 Å². The molecule has 0 saturated carbocycles. The van der Waals surface area contributed by atoms with Gasteiger partial charge >= 0.3 is 0 Å². The molecule has 1 aromatic carbocycles. The van der Waals surface area contributed by atoms with E-state index in [9.17, 15) is 4.79 Å². The van der Waals surface area contributed by atoms with E-state index in [2.05, 4.69) is 12.2 Å². The number of fused-ring (bicyclic) bond motifs is 1. The van der Waals surface area contributed by atoms with Gasteiger partial charge in [0.2, 0.25) is 0 Å². The summed E-state index contributed by atoms with van der Waals surface area (Å²) in [6.45, 7) is 4.97. The third-order valence-electron chi connectivity index (χ3n) is 4.83. The summed E-state index contributed by atoms with van der Waals surface area (Å²) < 4.78 is 10.6. The van der Waals surface area contributed by atoms with E-state index < -0.39 is 0 Å². The van der Waals surface area contributed by atoms with Crippen molar-refractivity contribution in [2.24, 2.45) is 11.8 Å². The minimum Gasteiger partial charge on any atom is -0.497 e. The van der Waals surface area contributed by atoms with Crippen molar-refractivity contribution < 1.29 is 14.3 Å². The van der Waals surface area contributed by atoms with E-state index in [1.807, 2.05) is 11.0 Å². The summed E-state index contributed by atoms with van der Waals surface area (Å²) in [5, 5.41) is 3.41. The predicted octanol–water partition coefficient (Wildman–Crippen LogP) is 1.38. The summed E-state index contributed by atoms with van der Waals surface area (Å²) >= 11 is 0. The van der Waals surface area contributed by atoms with Crippen molar-refractivity contribution in [2.75, 3.05) is 33.9 Å². The average molecular weight is 290 g/mol. The quantitative estimate of drug-likeness (QED) is 0.914. The molecule has 0 aliphatic carbocycles. The van der Waals surface area contributed by atoms with Crippen molar-refractivity contribution in [3.8, 4) is 11.5 Å². The van der Waals surface area contributed by atoms with E-state index in [-0.39, 0.29) is 11.9 Å². The van der Waals surface area contributed by atoms with Gasteiger partial charge in [0.1, 0.15) is 11.5 Å². The minimum absolute atomic E-state index is 0.0349. The number of methoxy groups -OCH3 is 2. The number of nitrogens with one attached hydrogen (secondary N) is 1. The van der Waals surface area contributed by atoms with Crippen LogP contribution >= 0.6 is 0 Å². The molecular weight excluding hydrogens is 268 g/mol. The molecule has 2 aliphatic rings. The minimum atomic E-state index is 0.0349. The van der Waals surface area contributed by atoms with E-state index in [1.165, 1.54) is 0 Å². The molecule has 3 unspecified atom stereocenters. The Hall–Kier alpha value is -1.75. The van der Waals surface area contributed by atoms with Crippen LogP contribution in [0, 0.1) is 11.8 Å². The van der Waals surface area contributed by atoms with Crippen LogP contribution < -0.4 is 14.8 Å². The third kappa shape index (κ3) is 2.35. The van der Waals surface area contributed by atoms with Crippen molar-refractivity contribution in [3.05, 3.63) is 23.8 Å². The van der Waals surface area contributed by atoms with Crippen LogP contribution in [0.3, 0.4) is 0 Å². The predicted molar refractivity (Wildman–Crippen MR) is 79.9 cm³/mol. The Morgan fingerprint density at radius 2 is 2.10 bits per heavy atom. The molecule has 5 heteroatoms. The number of nitrogens with zero attached hydrogens (tertiary/aromatic N) is 1. The molecule has 2 saturated heterocycles. The second-order valence-electron chi connectivity index (χ2n) is 5.85. The Kier molecular flexibility index (Phi) is 3.76. The topological polar surface area (TPSA) is 50.8 Å². The molecule has 0 aromatic heterocycles. The van der Waals surface area contributed by atoms with Gasteiger partial charge in [-0.05, 0) is 37.0 Å². The van der Waals surface area contributed by atoms with Crippen LogP contribution in [0.5, 0.6) is 11.5 Å². The maximum Gasteiger partial charge on any atom is 0.258 e. The Morgan fingerprint density at radius 1 is 1.29 bits per heavy atom. The number of ether oxygens (including phenoxy) is 2. The van der Waals surface area contributed by atoms with E-state index in [0.717, 1.165) is 19.6 Å². The number of rotatable bonds is 3. The van der Waals surface area contributed by atoms with Crippen LogP contribution in [0.15, 0.2) is 18.2 Å². The summed E-state index contributed by atoms with van der Waals surface area (Å²) in [5.74, 6) is 2.44. The molecule has 2 heterocycles. The first-order chi connectivity index (χ1) is 10.2. The first-order valence-electron chi connectivity index (χ1n) is 7.39. The van der Waals surface area contributed by atoms with Gasteiger partial charge in [0.15, 0.2) is 0 Å². The van der Waals surface area contributed by atoms with Gasteiger partial charge in [-0.2, -0.15) is 0 Å². The monoisotopic (exact) mass is 290 g/mol. The van der Waals surface area contributed by atoms with Crippen LogP contribution in [-0.4, -0.2) is 50.7 Å². The Balaban J connectivity index is 1.88. The lowest BCUT2D eigenvalue weighted by atomic mass is 9.95. The van der Waals surface area contributed by atoms with Crippen LogP contribution in [0.4, 0.5) is 0 Å². The molecular formula is C16H22N2O3. The van der Waals surface area contributed by atoms with E-state index in [4.69, 9.17) is 9.47 Å². The molecule has 0 radical (unpaired) electrons. The van der Waals surface area contributed by atoms with E-state index in [1.54, 1.807) is 26.4 Å². The lowest BCUT2D eigenvalue weighted by Crippen LogP contribution is -2.38. The zero-order chi connectivity index (χ0) is 15.0. The first-order valence-corrected chi connectivity index (χ1v) is 7.39. The molecule has 114 valence electrons. The number of carbonyl (C=O) groups is 1. The first kappa shape index (κ1) is 14.2. The smallest absolute Gasteiger partial charge is 0.258 e. The largest absolute Gasteiger partial charge is 0.497 e. The maximum atomic E-state index is 12.9. The van der Waals surface area contributed by atoms with Crippen molar-refractivity contribution in [1.29, 1.82) is 0 Å². The van der Waals surface area contributed by atoms with E-state index >= 15 is 0 Å². The number of benzene rings is 1.